The third kappa shape index (κ3) is 4.14. The number of carboxylic acid groups (broad SMARTS) is 1. The van der Waals surface area contributed by atoms with E-state index in [0.717, 1.165) is 5.69 Å². The maximum Gasteiger partial charge on any atom is 0.335 e. The summed E-state index contributed by atoms with van der Waals surface area (Å²) in [4.78, 5) is 28.5. The van der Waals surface area contributed by atoms with Crippen LogP contribution in [-0.2, 0) is 4.79 Å². The van der Waals surface area contributed by atoms with Gasteiger partial charge in [0.15, 0.2) is 5.17 Å². The number of benzene rings is 2. The normalized spacial score (nSPS) is 16.3. The van der Waals surface area contributed by atoms with Crippen molar-refractivity contribution in [2.75, 3.05) is 0 Å². The van der Waals surface area contributed by atoms with Gasteiger partial charge in [-0.15, -0.1) is 0 Å². The van der Waals surface area contributed by atoms with Crippen LogP contribution in [0.4, 0.5) is 5.69 Å². The highest BCUT2D eigenvalue weighted by Gasteiger charge is 2.24. The van der Waals surface area contributed by atoms with Gasteiger partial charge in [0, 0.05) is 17.6 Å². The summed E-state index contributed by atoms with van der Waals surface area (Å²) < 4.78 is 1.80. The number of hydrogen-bond acceptors (Lipinski definition) is 4. The van der Waals surface area contributed by atoms with Crippen molar-refractivity contribution in [3.63, 3.8) is 0 Å². The van der Waals surface area contributed by atoms with Crippen LogP contribution in [0.25, 0.3) is 11.8 Å². The molecule has 150 valence electrons. The molecule has 1 aromatic heterocycles. The van der Waals surface area contributed by atoms with Crippen LogP contribution in [-0.4, -0.2) is 26.7 Å². The van der Waals surface area contributed by atoms with Crippen LogP contribution in [0.15, 0.2) is 70.7 Å². The minimum atomic E-state index is -1.00. The first-order chi connectivity index (χ1) is 14.4. The number of nitrogens with zero attached hydrogens (tertiary/aromatic N) is 2. The zero-order valence-electron chi connectivity index (χ0n) is 15.2. The summed E-state index contributed by atoms with van der Waals surface area (Å²) >= 11 is 13.4. The van der Waals surface area contributed by atoms with Gasteiger partial charge in [-0.05, 0) is 60.3 Å². The highest BCUT2D eigenvalue weighted by atomic mass is 35.5. The van der Waals surface area contributed by atoms with E-state index >= 15 is 0 Å². The second-order valence-electron chi connectivity index (χ2n) is 6.21. The molecular weight excluding hydrogens is 445 g/mol. The first-order valence-electron chi connectivity index (χ1n) is 8.67. The smallest absolute Gasteiger partial charge is 0.335 e. The van der Waals surface area contributed by atoms with E-state index in [1.54, 1.807) is 53.2 Å². The number of amidine groups is 1. The number of nitrogens with one attached hydrogen (secondary N) is 1. The summed E-state index contributed by atoms with van der Waals surface area (Å²) in [6.07, 6.45) is 3.52. The molecule has 1 amide bonds. The molecule has 1 fully saturated rings. The highest BCUT2D eigenvalue weighted by Crippen LogP contribution is 2.34. The molecule has 2 heterocycles. The first-order valence-corrected chi connectivity index (χ1v) is 10.2. The standard InChI is InChI=1S/C21H13Cl2N3O3S/c22-15-7-2-8-16(18(15)23)24-21-25-19(27)17(30-21)11-14-6-3-9-26(14)13-5-1-4-12(10-13)20(28)29/h1-11H,(H,28,29)(H,24,25,27)/b17-11-. The number of aromatic nitrogens is 1. The SMILES string of the molecule is O=C1NC(=Nc2cccc(Cl)c2Cl)S/C1=C\c1cccn1-c1cccc(C(=O)O)c1. The molecule has 0 unspecified atom stereocenters. The van der Waals surface area contributed by atoms with Crippen molar-refractivity contribution >= 4 is 63.8 Å². The van der Waals surface area contributed by atoms with Crippen LogP contribution < -0.4 is 5.32 Å². The van der Waals surface area contributed by atoms with Gasteiger partial charge in [0.2, 0.25) is 0 Å². The number of carbonyl (C=O) groups excluding carboxylic acids is 1. The molecule has 1 saturated heterocycles. The van der Waals surface area contributed by atoms with Gasteiger partial charge < -0.3 is 15.0 Å². The summed E-state index contributed by atoms with van der Waals surface area (Å²) in [5.41, 5.74) is 2.04. The van der Waals surface area contributed by atoms with E-state index in [9.17, 15) is 14.7 Å². The Kier molecular flexibility index (Phi) is 5.67. The molecule has 0 bridgehead atoms. The largest absolute Gasteiger partial charge is 0.478 e. The maximum absolute atomic E-state index is 12.4. The van der Waals surface area contributed by atoms with Gasteiger partial charge in [0.05, 0.1) is 26.2 Å². The molecule has 0 atom stereocenters. The minimum absolute atomic E-state index is 0.181. The van der Waals surface area contributed by atoms with Crippen molar-refractivity contribution in [1.82, 2.24) is 9.88 Å². The number of hydrogen-bond donors (Lipinski definition) is 2. The van der Waals surface area contributed by atoms with E-state index in [1.807, 2.05) is 12.1 Å². The minimum Gasteiger partial charge on any atom is -0.478 e. The Balaban J connectivity index is 1.64. The van der Waals surface area contributed by atoms with Gasteiger partial charge in [-0.1, -0.05) is 35.3 Å². The molecule has 0 radical (unpaired) electrons. The Hall–Kier alpha value is -3.00. The van der Waals surface area contributed by atoms with Crippen LogP contribution in [0.2, 0.25) is 10.0 Å². The number of amides is 1. The molecule has 6 nitrogen and oxygen atoms in total. The van der Waals surface area contributed by atoms with Crippen molar-refractivity contribution in [3.05, 3.63) is 87.0 Å². The van der Waals surface area contributed by atoms with Crippen molar-refractivity contribution in [1.29, 1.82) is 0 Å². The molecule has 1 aliphatic rings. The van der Waals surface area contributed by atoms with Gasteiger partial charge in [0.1, 0.15) is 0 Å². The van der Waals surface area contributed by atoms with Crippen molar-refractivity contribution in [2.45, 2.75) is 0 Å². The Bertz CT molecular complexity index is 1230. The highest BCUT2D eigenvalue weighted by molar-refractivity contribution is 8.18. The number of carboxylic acids is 1. The third-order valence-electron chi connectivity index (χ3n) is 4.23. The third-order valence-corrected chi connectivity index (χ3v) is 5.95. The van der Waals surface area contributed by atoms with E-state index in [1.165, 1.54) is 17.8 Å². The molecular formula is C21H13Cl2N3O3S. The Morgan fingerprint density at radius 3 is 2.73 bits per heavy atom. The quantitative estimate of drug-likeness (QED) is 0.515. The summed E-state index contributed by atoms with van der Waals surface area (Å²) in [7, 11) is 0. The average Bonchev–Trinajstić information content (AvgIpc) is 3.32. The van der Waals surface area contributed by atoms with Gasteiger partial charge in [-0.3, -0.25) is 4.79 Å². The number of thioether (sulfide) groups is 1. The monoisotopic (exact) mass is 457 g/mol. The number of halogens is 2. The molecule has 0 spiro atoms. The fraction of sp³-hybridized carbons (Fsp3) is 0. The number of aromatic carboxylic acids is 1. The van der Waals surface area contributed by atoms with Crippen molar-refractivity contribution < 1.29 is 14.7 Å². The summed E-state index contributed by atoms with van der Waals surface area (Å²) in [6.45, 7) is 0. The molecule has 4 rings (SSSR count). The number of carbonyl (C=O) groups is 2. The summed E-state index contributed by atoms with van der Waals surface area (Å²) in [5.74, 6) is -1.29. The van der Waals surface area contributed by atoms with Crippen LogP contribution in [0.1, 0.15) is 16.1 Å². The Labute approximate surface area is 185 Å². The summed E-state index contributed by atoms with van der Waals surface area (Å²) in [6, 6.07) is 15.3. The Morgan fingerprint density at radius 1 is 1.13 bits per heavy atom. The van der Waals surface area contributed by atoms with E-state index in [4.69, 9.17) is 23.2 Å². The van der Waals surface area contributed by atoms with Crippen LogP contribution in [0, 0.1) is 0 Å². The van der Waals surface area contributed by atoms with E-state index < -0.39 is 5.97 Å². The lowest BCUT2D eigenvalue weighted by molar-refractivity contribution is -0.115. The van der Waals surface area contributed by atoms with Crippen LogP contribution >= 0.6 is 35.0 Å². The topological polar surface area (TPSA) is 83.7 Å². The Morgan fingerprint density at radius 2 is 1.93 bits per heavy atom. The maximum atomic E-state index is 12.4. The van der Waals surface area contributed by atoms with Crippen molar-refractivity contribution in [2.24, 2.45) is 4.99 Å². The molecule has 2 N–H and O–H groups in total. The average molecular weight is 458 g/mol. The lowest BCUT2D eigenvalue weighted by Gasteiger charge is -2.07. The number of aliphatic imine (C=N–C) groups is 1. The van der Waals surface area contributed by atoms with Gasteiger partial charge in [-0.2, -0.15) is 0 Å². The van der Waals surface area contributed by atoms with E-state index in [-0.39, 0.29) is 11.5 Å². The molecule has 3 aromatic rings. The zero-order valence-corrected chi connectivity index (χ0v) is 17.5. The number of rotatable bonds is 4. The molecule has 2 aromatic carbocycles. The predicted molar refractivity (Wildman–Crippen MR) is 120 cm³/mol. The summed E-state index contributed by atoms with van der Waals surface area (Å²) in [5, 5.41) is 13.0. The van der Waals surface area contributed by atoms with Crippen LogP contribution in [0.3, 0.4) is 0 Å². The molecule has 30 heavy (non-hydrogen) atoms. The van der Waals surface area contributed by atoms with Crippen LogP contribution in [0.5, 0.6) is 0 Å². The zero-order chi connectivity index (χ0) is 21.3. The van der Waals surface area contributed by atoms with Gasteiger partial charge in [-0.25, -0.2) is 9.79 Å². The van der Waals surface area contributed by atoms with Crippen molar-refractivity contribution in [3.8, 4) is 5.69 Å². The first kappa shape index (κ1) is 20.3. The molecule has 9 heteroatoms. The molecule has 1 aliphatic heterocycles. The van der Waals surface area contributed by atoms with Gasteiger partial charge >= 0.3 is 5.97 Å². The molecule has 0 saturated carbocycles. The second-order valence-corrected chi connectivity index (χ2v) is 8.03. The predicted octanol–water partition coefficient (Wildman–Crippen LogP) is 5.37. The lowest BCUT2D eigenvalue weighted by Crippen LogP contribution is -2.19. The molecule has 0 aliphatic carbocycles. The van der Waals surface area contributed by atoms with Gasteiger partial charge in [0.25, 0.3) is 5.91 Å². The lowest BCUT2D eigenvalue weighted by atomic mass is 10.2. The van der Waals surface area contributed by atoms with E-state index in [0.29, 0.717) is 31.5 Å². The second kappa shape index (κ2) is 8.39. The fourth-order valence-corrected chi connectivity index (χ4v) is 4.00. The fourth-order valence-electron chi connectivity index (χ4n) is 2.84. The van der Waals surface area contributed by atoms with E-state index in [2.05, 4.69) is 10.3 Å².